The highest BCUT2D eigenvalue weighted by Crippen LogP contribution is 2.04. The zero-order chi connectivity index (χ0) is 12.1. The second-order valence-corrected chi connectivity index (χ2v) is 3.16. The molecule has 0 bridgehead atoms. The Bertz CT molecular complexity index is 131. The highest BCUT2D eigenvalue weighted by atomic mass is 16.5. The number of carboxylic acid groups (broad SMARTS) is 1. The fourth-order valence-electron chi connectivity index (χ4n) is 0.823. The Labute approximate surface area is 92.3 Å². The summed E-state index contributed by atoms with van der Waals surface area (Å²) in [6.45, 7) is 6.01. The van der Waals surface area contributed by atoms with Gasteiger partial charge in [0, 0.05) is 20.1 Å². The molecule has 0 amide bonds. The molecule has 0 heterocycles. The SMILES string of the molecule is CCCCO.[CH2]CC(CCC(=O)O)OC. The normalized spacial score (nSPS) is 11.5. The van der Waals surface area contributed by atoms with Crippen LogP contribution < -0.4 is 0 Å². The first kappa shape index (κ1) is 16.8. The molecule has 0 saturated heterocycles. The van der Waals surface area contributed by atoms with Crippen molar-refractivity contribution in [3.8, 4) is 0 Å². The van der Waals surface area contributed by atoms with E-state index in [1.54, 1.807) is 7.11 Å². The highest BCUT2D eigenvalue weighted by molar-refractivity contribution is 5.66. The van der Waals surface area contributed by atoms with Gasteiger partial charge in [-0.2, -0.15) is 0 Å². The van der Waals surface area contributed by atoms with E-state index < -0.39 is 5.97 Å². The average Bonchev–Trinajstić information content (AvgIpc) is 2.21. The molecule has 0 aliphatic carbocycles. The maximum Gasteiger partial charge on any atom is 0.303 e. The number of methoxy groups -OCH3 is 1. The van der Waals surface area contributed by atoms with Gasteiger partial charge in [0.2, 0.25) is 0 Å². The third-order valence-electron chi connectivity index (χ3n) is 1.85. The standard InChI is InChI=1S/C7H13O3.C4H10O/c1-3-6(10-2)4-5-7(8)9;1-2-3-4-5/h6H,1,3-5H2,2H3,(H,8,9);5H,2-4H2,1H3. The Balaban J connectivity index is 0. The highest BCUT2D eigenvalue weighted by Gasteiger charge is 2.06. The van der Waals surface area contributed by atoms with Crippen molar-refractivity contribution in [2.24, 2.45) is 0 Å². The number of unbranched alkanes of at least 4 members (excludes halogenated alkanes) is 1. The van der Waals surface area contributed by atoms with Crippen LogP contribution in [0.3, 0.4) is 0 Å². The molecule has 4 nitrogen and oxygen atoms in total. The molecule has 1 atom stereocenters. The van der Waals surface area contributed by atoms with Gasteiger partial charge in [-0.25, -0.2) is 0 Å². The van der Waals surface area contributed by atoms with E-state index in [4.69, 9.17) is 14.9 Å². The van der Waals surface area contributed by atoms with Crippen molar-refractivity contribution in [2.45, 2.75) is 45.1 Å². The van der Waals surface area contributed by atoms with Crippen molar-refractivity contribution < 1.29 is 19.7 Å². The molecule has 0 aliphatic heterocycles. The Morgan fingerprint density at radius 1 is 1.53 bits per heavy atom. The van der Waals surface area contributed by atoms with Crippen LogP contribution in [0.4, 0.5) is 0 Å². The Hall–Kier alpha value is -0.610. The number of carboxylic acids is 1. The molecule has 0 aromatic rings. The molecule has 1 unspecified atom stereocenters. The van der Waals surface area contributed by atoms with Crippen LogP contribution in [0.1, 0.15) is 39.0 Å². The van der Waals surface area contributed by atoms with Gasteiger partial charge in [-0.05, 0) is 19.3 Å². The third-order valence-corrected chi connectivity index (χ3v) is 1.85. The minimum absolute atomic E-state index is 0.00361. The van der Waals surface area contributed by atoms with Crippen LogP contribution >= 0.6 is 0 Å². The van der Waals surface area contributed by atoms with Crippen LogP contribution in [-0.2, 0) is 9.53 Å². The van der Waals surface area contributed by atoms with E-state index in [0.717, 1.165) is 12.8 Å². The number of hydrogen-bond acceptors (Lipinski definition) is 3. The van der Waals surface area contributed by atoms with Crippen molar-refractivity contribution in [3.05, 3.63) is 6.92 Å². The lowest BCUT2D eigenvalue weighted by molar-refractivity contribution is -0.137. The summed E-state index contributed by atoms with van der Waals surface area (Å²) in [5, 5.41) is 16.3. The monoisotopic (exact) mass is 219 g/mol. The van der Waals surface area contributed by atoms with Gasteiger partial charge in [0.05, 0.1) is 6.10 Å². The number of rotatable bonds is 7. The number of aliphatic carboxylic acids is 1. The minimum Gasteiger partial charge on any atom is -0.481 e. The lowest BCUT2D eigenvalue weighted by Crippen LogP contribution is -2.11. The number of ether oxygens (including phenoxy) is 1. The molecular weight excluding hydrogens is 196 g/mol. The molecule has 0 saturated carbocycles. The molecular formula is C11H23O4. The Morgan fingerprint density at radius 3 is 2.33 bits per heavy atom. The molecule has 0 fully saturated rings. The van der Waals surface area contributed by atoms with E-state index in [1.807, 2.05) is 0 Å². The lowest BCUT2D eigenvalue weighted by Gasteiger charge is -2.09. The summed E-state index contributed by atoms with van der Waals surface area (Å²) in [6.07, 6.45) is 3.38. The van der Waals surface area contributed by atoms with Crippen LogP contribution in [0.25, 0.3) is 0 Å². The van der Waals surface area contributed by atoms with Gasteiger partial charge in [0.15, 0.2) is 0 Å². The molecule has 0 aromatic carbocycles. The summed E-state index contributed by atoms with van der Waals surface area (Å²) in [5.74, 6) is -0.782. The van der Waals surface area contributed by atoms with Gasteiger partial charge in [-0.15, -0.1) is 0 Å². The molecule has 15 heavy (non-hydrogen) atoms. The first-order valence-electron chi connectivity index (χ1n) is 5.27. The maximum absolute atomic E-state index is 10.1. The largest absolute Gasteiger partial charge is 0.481 e. The number of carbonyl (C=O) groups is 1. The first-order chi connectivity index (χ1) is 7.12. The summed E-state index contributed by atoms with van der Waals surface area (Å²) in [4.78, 5) is 10.1. The average molecular weight is 219 g/mol. The molecule has 0 rings (SSSR count). The minimum atomic E-state index is -0.782. The van der Waals surface area contributed by atoms with Crippen LogP contribution in [0, 0.1) is 6.92 Å². The van der Waals surface area contributed by atoms with Crippen molar-refractivity contribution in [2.75, 3.05) is 13.7 Å². The summed E-state index contributed by atoms with van der Waals surface area (Å²) in [7, 11) is 1.57. The van der Waals surface area contributed by atoms with Crippen molar-refractivity contribution in [1.29, 1.82) is 0 Å². The van der Waals surface area contributed by atoms with Gasteiger partial charge in [-0.1, -0.05) is 20.3 Å². The van der Waals surface area contributed by atoms with Crippen LogP contribution in [0.5, 0.6) is 0 Å². The lowest BCUT2D eigenvalue weighted by atomic mass is 10.1. The zero-order valence-corrected chi connectivity index (χ0v) is 9.74. The predicted octanol–water partition coefficient (Wildman–Crippen LogP) is 1.87. The van der Waals surface area contributed by atoms with Crippen LogP contribution in [0.2, 0.25) is 0 Å². The van der Waals surface area contributed by atoms with Crippen molar-refractivity contribution >= 4 is 5.97 Å². The summed E-state index contributed by atoms with van der Waals surface area (Å²) >= 11 is 0. The molecule has 0 spiro atoms. The smallest absolute Gasteiger partial charge is 0.303 e. The van der Waals surface area contributed by atoms with Gasteiger partial charge in [-0.3, -0.25) is 4.79 Å². The van der Waals surface area contributed by atoms with Gasteiger partial charge < -0.3 is 14.9 Å². The van der Waals surface area contributed by atoms with Crippen molar-refractivity contribution in [1.82, 2.24) is 0 Å². The van der Waals surface area contributed by atoms with E-state index in [-0.39, 0.29) is 12.5 Å². The molecule has 1 radical (unpaired) electrons. The fraction of sp³-hybridized carbons (Fsp3) is 0.818. The maximum atomic E-state index is 10.1. The van der Waals surface area contributed by atoms with Crippen LogP contribution in [0.15, 0.2) is 0 Å². The third kappa shape index (κ3) is 16.1. The first-order valence-corrected chi connectivity index (χ1v) is 5.27. The van der Waals surface area contributed by atoms with Gasteiger partial charge >= 0.3 is 5.97 Å². The molecule has 0 aliphatic rings. The van der Waals surface area contributed by atoms with E-state index >= 15 is 0 Å². The molecule has 91 valence electrons. The molecule has 2 N–H and O–H groups in total. The van der Waals surface area contributed by atoms with Gasteiger partial charge in [0.25, 0.3) is 0 Å². The number of hydrogen-bond donors (Lipinski definition) is 2. The predicted molar refractivity (Wildman–Crippen MR) is 59.6 cm³/mol. The Morgan fingerprint density at radius 2 is 2.13 bits per heavy atom. The van der Waals surface area contributed by atoms with Gasteiger partial charge in [0.1, 0.15) is 0 Å². The van der Waals surface area contributed by atoms with E-state index in [0.29, 0.717) is 19.4 Å². The quantitative estimate of drug-likeness (QED) is 0.686. The topological polar surface area (TPSA) is 66.8 Å². The van der Waals surface area contributed by atoms with E-state index in [2.05, 4.69) is 13.8 Å². The van der Waals surface area contributed by atoms with E-state index in [9.17, 15) is 4.79 Å². The second kappa shape index (κ2) is 13.4. The molecule has 4 heteroatoms. The molecule has 0 aromatic heterocycles. The summed E-state index contributed by atoms with van der Waals surface area (Å²) in [5.41, 5.74) is 0. The second-order valence-electron chi connectivity index (χ2n) is 3.16. The number of aliphatic hydroxyl groups excluding tert-OH is 1. The fourth-order valence-corrected chi connectivity index (χ4v) is 0.823. The van der Waals surface area contributed by atoms with E-state index in [1.165, 1.54) is 0 Å². The Kier molecular flexibility index (Phi) is 15.0. The number of aliphatic hydroxyl groups is 1. The summed E-state index contributed by atoms with van der Waals surface area (Å²) in [6, 6.07) is 0. The summed E-state index contributed by atoms with van der Waals surface area (Å²) < 4.78 is 4.92. The van der Waals surface area contributed by atoms with Crippen LogP contribution in [-0.4, -0.2) is 36.0 Å². The van der Waals surface area contributed by atoms with Crippen molar-refractivity contribution in [3.63, 3.8) is 0 Å². The zero-order valence-electron chi connectivity index (χ0n) is 9.74.